The Hall–Kier alpha value is -2.65. The fourth-order valence-corrected chi connectivity index (χ4v) is 2.42. The zero-order valence-corrected chi connectivity index (χ0v) is 12.6. The van der Waals surface area contributed by atoms with Gasteiger partial charge in [0.2, 0.25) is 0 Å². The third kappa shape index (κ3) is 3.17. The molecule has 7 nitrogen and oxygen atoms in total. The van der Waals surface area contributed by atoms with Crippen molar-refractivity contribution in [2.24, 2.45) is 11.8 Å². The largest absolute Gasteiger partial charge is 0.434 e. The van der Waals surface area contributed by atoms with Gasteiger partial charge in [0, 0.05) is 12.6 Å². The van der Waals surface area contributed by atoms with Crippen LogP contribution in [0, 0.1) is 11.8 Å². The van der Waals surface area contributed by atoms with Crippen LogP contribution in [0.5, 0.6) is 0 Å². The highest BCUT2D eigenvalue weighted by molar-refractivity contribution is 5.95. The van der Waals surface area contributed by atoms with E-state index in [2.05, 4.69) is 15.5 Å². The number of aromatic amines is 1. The van der Waals surface area contributed by atoms with Crippen LogP contribution >= 0.6 is 0 Å². The fourth-order valence-electron chi connectivity index (χ4n) is 2.42. The van der Waals surface area contributed by atoms with E-state index in [0.717, 1.165) is 24.8 Å². The van der Waals surface area contributed by atoms with E-state index in [1.165, 1.54) is 0 Å². The molecular formula is C14H14F3N5O2. The minimum absolute atomic E-state index is 0.239. The average Bonchev–Trinajstić information content (AvgIpc) is 3.03. The first-order valence-electron chi connectivity index (χ1n) is 7.27. The van der Waals surface area contributed by atoms with Crippen LogP contribution < -0.4 is 10.9 Å². The van der Waals surface area contributed by atoms with Crippen LogP contribution in [-0.4, -0.2) is 32.4 Å². The summed E-state index contributed by atoms with van der Waals surface area (Å²) in [7, 11) is 0. The maximum absolute atomic E-state index is 13.4. The number of carbonyl (C=O) groups excluding carboxylic acids is 1. The van der Waals surface area contributed by atoms with Gasteiger partial charge in [-0.1, -0.05) is 6.92 Å². The molecule has 0 saturated heterocycles. The normalized spacial score (nSPS) is 20.0. The van der Waals surface area contributed by atoms with Crippen molar-refractivity contribution in [1.29, 1.82) is 0 Å². The third-order valence-corrected chi connectivity index (χ3v) is 3.96. The Morgan fingerprint density at radius 1 is 1.46 bits per heavy atom. The van der Waals surface area contributed by atoms with Crippen molar-refractivity contribution in [3.63, 3.8) is 0 Å². The number of carbonyl (C=O) groups is 1. The Morgan fingerprint density at radius 2 is 2.17 bits per heavy atom. The van der Waals surface area contributed by atoms with Gasteiger partial charge in [-0.15, -0.1) is 0 Å². The number of H-pyrrole nitrogens is 1. The third-order valence-electron chi connectivity index (χ3n) is 3.96. The van der Waals surface area contributed by atoms with E-state index in [1.807, 2.05) is 12.0 Å². The van der Waals surface area contributed by atoms with E-state index in [9.17, 15) is 22.8 Å². The Kier molecular flexibility index (Phi) is 3.90. The smallest absolute Gasteiger partial charge is 0.352 e. The molecule has 1 aliphatic carbocycles. The molecule has 0 unspecified atom stereocenters. The molecule has 2 aromatic heterocycles. The second kappa shape index (κ2) is 5.77. The molecule has 128 valence electrons. The van der Waals surface area contributed by atoms with Crippen LogP contribution in [0.3, 0.4) is 0 Å². The van der Waals surface area contributed by atoms with Crippen molar-refractivity contribution in [2.45, 2.75) is 19.5 Å². The van der Waals surface area contributed by atoms with Crippen molar-refractivity contribution in [1.82, 2.24) is 25.3 Å². The first-order chi connectivity index (χ1) is 11.3. The van der Waals surface area contributed by atoms with Gasteiger partial charge in [0.05, 0.1) is 11.8 Å². The molecule has 2 aromatic rings. The van der Waals surface area contributed by atoms with Crippen LogP contribution in [0.1, 0.15) is 29.4 Å². The van der Waals surface area contributed by atoms with Crippen molar-refractivity contribution < 1.29 is 18.0 Å². The predicted molar refractivity (Wildman–Crippen MR) is 76.6 cm³/mol. The van der Waals surface area contributed by atoms with E-state index in [-0.39, 0.29) is 5.82 Å². The Bertz CT molecular complexity index is 806. The lowest BCUT2D eigenvalue weighted by atomic mass is 10.2. The van der Waals surface area contributed by atoms with Gasteiger partial charge in [-0.25, -0.2) is 9.78 Å². The van der Waals surface area contributed by atoms with Gasteiger partial charge >= 0.3 is 6.18 Å². The number of nitrogens with one attached hydrogen (secondary N) is 2. The number of alkyl halides is 3. The highest BCUT2D eigenvalue weighted by Crippen LogP contribution is 2.37. The summed E-state index contributed by atoms with van der Waals surface area (Å²) in [6.07, 6.45) is -3.01. The molecule has 0 aliphatic heterocycles. The quantitative estimate of drug-likeness (QED) is 0.878. The van der Waals surface area contributed by atoms with Crippen LogP contribution in [0.25, 0.3) is 5.82 Å². The van der Waals surface area contributed by atoms with Crippen molar-refractivity contribution in [3.8, 4) is 5.82 Å². The van der Waals surface area contributed by atoms with Crippen molar-refractivity contribution >= 4 is 5.91 Å². The molecule has 1 aliphatic rings. The summed E-state index contributed by atoms with van der Waals surface area (Å²) in [5.41, 5.74) is -2.37. The van der Waals surface area contributed by atoms with E-state index in [1.54, 1.807) is 0 Å². The molecule has 0 radical (unpaired) electrons. The average molecular weight is 341 g/mol. The summed E-state index contributed by atoms with van der Waals surface area (Å²) in [4.78, 5) is 23.1. The van der Waals surface area contributed by atoms with Gasteiger partial charge in [-0.05, 0) is 24.3 Å². The van der Waals surface area contributed by atoms with Gasteiger partial charge in [0.15, 0.2) is 11.5 Å². The van der Waals surface area contributed by atoms with E-state index in [4.69, 9.17) is 0 Å². The van der Waals surface area contributed by atoms with Gasteiger partial charge in [0.1, 0.15) is 0 Å². The Morgan fingerprint density at radius 3 is 2.71 bits per heavy atom. The number of nitrogens with zero attached hydrogens (tertiary/aromatic N) is 3. The molecule has 0 aromatic carbocycles. The van der Waals surface area contributed by atoms with E-state index >= 15 is 0 Å². The lowest BCUT2D eigenvalue weighted by Gasteiger charge is -2.12. The van der Waals surface area contributed by atoms with Gasteiger partial charge in [0.25, 0.3) is 11.5 Å². The molecular weight excluding hydrogens is 327 g/mol. The SMILES string of the molecule is C[C@H]1C[C@H]1CNC(=O)c1cnn(-c2ccc(=O)[nH]n2)c1C(F)(F)F. The van der Waals surface area contributed by atoms with Crippen molar-refractivity contribution in [2.75, 3.05) is 6.54 Å². The Balaban J connectivity index is 1.93. The van der Waals surface area contributed by atoms with Crippen molar-refractivity contribution in [3.05, 3.63) is 39.9 Å². The van der Waals surface area contributed by atoms with Gasteiger partial charge in [-0.3, -0.25) is 9.59 Å². The zero-order chi connectivity index (χ0) is 17.5. The summed E-state index contributed by atoms with van der Waals surface area (Å²) in [6.45, 7) is 2.34. The van der Waals surface area contributed by atoms with Gasteiger partial charge in [-0.2, -0.15) is 23.4 Å². The summed E-state index contributed by atoms with van der Waals surface area (Å²) < 4.78 is 40.7. The van der Waals surface area contributed by atoms with Crippen LogP contribution in [0.2, 0.25) is 0 Å². The van der Waals surface area contributed by atoms with E-state index < -0.39 is 28.9 Å². The minimum atomic E-state index is -4.81. The molecule has 0 bridgehead atoms. The molecule has 1 saturated carbocycles. The van der Waals surface area contributed by atoms with Gasteiger partial charge < -0.3 is 5.32 Å². The Labute approximate surface area is 133 Å². The first-order valence-corrected chi connectivity index (χ1v) is 7.27. The monoisotopic (exact) mass is 341 g/mol. The fraction of sp³-hybridized carbons (Fsp3) is 0.429. The standard InChI is InChI=1S/C14H14F3N5O2/c1-7-4-8(7)5-18-13(24)9-6-19-22(12(9)14(15,16)17)10-2-3-11(23)21-20-10/h2-3,6-8H,4-5H2,1H3,(H,18,24)(H,21,23)/t7-,8-/m0/s1. The number of aromatic nitrogens is 4. The maximum atomic E-state index is 13.4. The second-order valence-electron chi connectivity index (χ2n) is 5.78. The second-order valence-corrected chi connectivity index (χ2v) is 5.78. The molecule has 1 fully saturated rings. The maximum Gasteiger partial charge on any atom is 0.434 e. The molecule has 1 amide bonds. The van der Waals surface area contributed by atoms with Crippen LogP contribution in [0.4, 0.5) is 13.2 Å². The van der Waals surface area contributed by atoms with Crippen LogP contribution in [0.15, 0.2) is 23.1 Å². The van der Waals surface area contributed by atoms with E-state index in [0.29, 0.717) is 23.1 Å². The lowest BCUT2D eigenvalue weighted by Crippen LogP contribution is -2.28. The lowest BCUT2D eigenvalue weighted by molar-refractivity contribution is -0.143. The zero-order valence-electron chi connectivity index (χ0n) is 12.6. The summed E-state index contributed by atoms with van der Waals surface area (Å²) in [6, 6.07) is 2.12. The molecule has 10 heteroatoms. The molecule has 24 heavy (non-hydrogen) atoms. The molecule has 0 spiro atoms. The van der Waals surface area contributed by atoms with Crippen LogP contribution in [-0.2, 0) is 6.18 Å². The summed E-state index contributed by atoms with van der Waals surface area (Å²) >= 11 is 0. The predicted octanol–water partition coefficient (Wildman–Crippen LogP) is 1.36. The summed E-state index contributed by atoms with van der Waals surface area (Å²) in [5.74, 6) is -0.298. The molecule has 3 rings (SSSR count). The summed E-state index contributed by atoms with van der Waals surface area (Å²) in [5, 5.41) is 11.7. The highest BCUT2D eigenvalue weighted by atomic mass is 19.4. The highest BCUT2D eigenvalue weighted by Gasteiger charge is 2.41. The molecule has 2 heterocycles. The number of halogens is 3. The number of hydrogen-bond donors (Lipinski definition) is 2. The number of rotatable bonds is 4. The molecule has 2 atom stereocenters. The molecule has 2 N–H and O–H groups in total. The number of hydrogen-bond acceptors (Lipinski definition) is 4. The topological polar surface area (TPSA) is 92.7 Å². The first kappa shape index (κ1) is 16.2. The number of amides is 1. The minimum Gasteiger partial charge on any atom is -0.352 e.